The van der Waals surface area contributed by atoms with Crippen molar-refractivity contribution < 1.29 is 24.5 Å². The molecule has 204 valence electrons. The van der Waals surface area contributed by atoms with Crippen LogP contribution in [0.4, 0.5) is 11.5 Å². The number of anilines is 1. The van der Waals surface area contributed by atoms with Crippen LogP contribution in [0.5, 0.6) is 5.75 Å². The largest absolute Gasteiger partial charge is 0.491 e. The second kappa shape index (κ2) is 13.8. The quantitative estimate of drug-likeness (QED) is 0.135. The van der Waals surface area contributed by atoms with Crippen molar-refractivity contribution in [2.75, 3.05) is 31.7 Å². The monoisotopic (exact) mass is 577 g/mol. The van der Waals surface area contributed by atoms with Crippen molar-refractivity contribution in [3.8, 4) is 34.4 Å². The van der Waals surface area contributed by atoms with E-state index in [1.807, 2.05) is 0 Å². The molecule has 0 saturated heterocycles. The van der Waals surface area contributed by atoms with Gasteiger partial charge in [-0.05, 0) is 42.0 Å². The zero-order valence-corrected chi connectivity index (χ0v) is 22.6. The minimum atomic E-state index is -1.07. The third-order valence-corrected chi connectivity index (χ3v) is 6.84. The highest BCUT2D eigenvalue weighted by Crippen LogP contribution is 2.43. The number of rotatable bonds is 12. The SMILES string of the molecule is [C-]#[N+]c1c(NC[C@@H](O)CO)nc(SCc2coc(-c3ccc(Cl)cc3)n2)c(C#N)c1-c1ccc(OCCO)cc1. The van der Waals surface area contributed by atoms with Gasteiger partial charge in [0.1, 0.15) is 35.5 Å². The van der Waals surface area contributed by atoms with Crippen LogP contribution in [0.2, 0.25) is 5.02 Å². The molecule has 1 atom stereocenters. The van der Waals surface area contributed by atoms with Crippen LogP contribution >= 0.6 is 23.4 Å². The fraction of sp³-hybridized carbons (Fsp3) is 0.214. The van der Waals surface area contributed by atoms with Crippen LogP contribution in [-0.4, -0.2) is 57.8 Å². The number of nitrogens with zero attached hydrogens (tertiary/aromatic N) is 4. The number of benzene rings is 2. The first kappa shape index (κ1) is 28.9. The third kappa shape index (κ3) is 6.90. The lowest BCUT2D eigenvalue weighted by molar-refractivity contribution is 0.105. The summed E-state index contributed by atoms with van der Waals surface area (Å²) in [4.78, 5) is 12.7. The van der Waals surface area contributed by atoms with Gasteiger partial charge in [0, 0.05) is 28.4 Å². The molecule has 10 nitrogen and oxygen atoms in total. The Labute approximate surface area is 239 Å². The van der Waals surface area contributed by atoms with E-state index in [-0.39, 0.29) is 36.8 Å². The average Bonchev–Trinajstić information content (AvgIpc) is 3.46. The summed E-state index contributed by atoms with van der Waals surface area (Å²) in [6, 6.07) is 16.1. The molecule has 0 radical (unpaired) electrons. The Morgan fingerprint density at radius 2 is 1.85 bits per heavy atom. The molecule has 2 aromatic carbocycles. The van der Waals surface area contributed by atoms with E-state index < -0.39 is 12.7 Å². The standard InChI is InChI=1S/C28H24ClN5O5S/c1-31-25-24(17-4-8-22(9-5-17)38-11-10-35)23(12-30)28(34-26(25)32-13-21(37)14-36)40-16-20-15-39-27(33-20)18-2-6-19(29)7-3-18/h2-9,15,21,35-37H,10-11,13-14,16H2,(H,32,34)/t21-/m1/s1. The highest BCUT2D eigenvalue weighted by Gasteiger charge is 2.23. The second-order valence-electron chi connectivity index (χ2n) is 8.34. The van der Waals surface area contributed by atoms with Gasteiger partial charge in [0.25, 0.3) is 0 Å². The zero-order chi connectivity index (χ0) is 28.5. The molecule has 4 N–H and O–H groups in total. The fourth-order valence-corrected chi connectivity index (χ4v) is 4.67. The van der Waals surface area contributed by atoms with Gasteiger partial charge < -0.3 is 29.8 Å². The summed E-state index contributed by atoms with van der Waals surface area (Å²) < 4.78 is 11.1. The van der Waals surface area contributed by atoms with Crippen LogP contribution in [-0.2, 0) is 5.75 Å². The van der Waals surface area contributed by atoms with Gasteiger partial charge >= 0.3 is 0 Å². The van der Waals surface area contributed by atoms with Gasteiger partial charge in [0.2, 0.25) is 11.6 Å². The summed E-state index contributed by atoms with van der Waals surface area (Å²) in [5, 5.41) is 42.2. The summed E-state index contributed by atoms with van der Waals surface area (Å²) in [5.41, 5.74) is 2.64. The number of oxazole rings is 1. The van der Waals surface area contributed by atoms with Crippen molar-refractivity contribution in [1.82, 2.24) is 9.97 Å². The van der Waals surface area contributed by atoms with E-state index in [1.165, 1.54) is 18.0 Å². The van der Waals surface area contributed by atoms with Crippen molar-refractivity contribution in [2.45, 2.75) is 16.9 Å². The number of aliphatic hydroxyl groups excluding tert-OH is 3. The minimum absolute atomic E-state index is 0.0524. The van der Waals surface area contributed by atoms with Crippen molar-refractivity contribution in [3.63, 3.8) is 0 Å². The van der Waals surface area contributed by atoms with E-state index in [9.17, 15) is 15.5 Å². The maximum absolute atomic E-state index is 10.2. The second-order valence-corrected chi connectivity index (χ2v) is 9.74. The summed E-state index contributed by atoms with van der Waals surface area (Å²) in [6.45, 7) is 7.33. The molecule has 0 amide bonds. The average molecular weight is 578 g/mol. The number of aromatic nitrogens is 2. The van der Waals surface area contributed by atoms with Crippen LogP contribution in [0.15, 0.2) is 64.2 Å². The molecule has 0 fully saturated rings. The Balaban J connectivity index is 1.70. The topological polar surface area (TPSA) is 149 Å². The Morgan fingerprint density at radius 3 is 2.50 bits per heavy atom. The van der Waals surface area contributed by atoms with Crippen LogP contribution < -0.4 is 10.1 Å². The Morgan fingerprint density at radius 1 is 1.12 bits per heavy atom. The van der Waals surface area contributed by atoms with Gasteiger partial charge in [-0.25, -0.2) is 14.8 Å². The summed E-state index contributed by atoms with van der Waals surface area (Å²) >= 11 is 7.21. The summed E-state index contributed by atoms with van der Waals surface area (Å²) in [6.07, 6.45) is 0.458. The summed E-state index contributed by atoms with van der Waals surface area (Å²) in [7, 11) is 0. The number of hydrogen-bond donors (Lipinski definition) is 4. The number of pyridine rings is 1. The smallest absolute Gasteiger partial charge is 0.237 e. The minimum Gasteiger partial charge on any atom is -0.491 e. The number of aliphatic hydroxyl groups is 3. The molecular formula is C28H24ClN5O5S. The molecule has 0 aliphatic heterocycles. The molecule has 12 heteroatoms. The van der Waals surface area contributed by atoms with Crippen LogP contribution in [0, 0.1) is 17.9 Å². The number of thioether (sulfide) groups is 1. The van der Waals surface area contributed by atoms with E-state index in [2.05, 4.69) is 26.2 Å². The van der Waals surface area contributed by atoms with E-state index in [1.54, 1.807) is 48.5 Å². The molecule has 0 bridgehead atoms. The van der Waals surface area contributed by atoms with Gasteiger partial charge in [0.05, 0.1) is 37.1 Å². The van der Waals surface area contributed by atoms with E-state index >= 15 is 0 Å². The molecule has 0 aliphatic rings. The number of halogens is 1. The zero-order valence-electron chi connectivity index (χ0n) is 21.0. The van der Waals surface area contributed by atoms with E-state index in [0.29, 0.717) is 44.3 Å². The van der Waals surface area contributed by atoms with E-state index in [4.69, 9.17) is 32.4 Å². The molecule has 0 spiro atoms. The molecule has 2 heterocycles. The van der Waals surface area contributed by atoms with Crippen molar-refractivity contribution in [2.24, 2.45) is 0 Å². The Hall–Kier alpha value is -4.10. The first-order chi connectivity index (χ1) is 19.5. The van der Waals surface area contributed by atoms with Gasteiger partial charge in [-0.15, -0.1) is 0 Å². The van der Waals surface area contributed by atoms with Gasteiger partial charge in [-0.2, -0.15) is 5.26 Å². The third-order valence-electron chi connectivity index (χ3n) is 5.58. The van der Waals surface area contributed by atoms with E-state index in [0.717, 1.165) is 5.56 Å². The molecule has 2 aromatic heterocycles. The predicted octanol–water partition coefficient (Wildman–Crippen LogP) is 4.91. The normalized spacial score (nSPS) is 11.4. The van der Waals surface area contributed by atoms with Crippen molar-refractivity contribution in [1.29, 1.82) is 5.26 Å². The fourth-order valence-electron chi connectivity index (χ4n) is 3.68. The van der Waals surface area contributed by atoms with Crippen LogP contribution in [0.3, 0.4) is 0 Å². The van der Waals surface area contributed by atoms with Crippen LogP contribution in [0.1, 0.15) is 11.3 Å². The lowest BCUT2D eigenvalue weighted by Gasteiger charge is -2.17. The molecule has 40 heavy (non-hydrogen) atoms. The highest BCUT2D eigenvalue weighted by atomic mass is 35.5. The maximum Gasteiger partial charge on any atom is 0.237 e. The van der Waals surface area contributed by atoms with Gasteiger partial charge in [-0.1, -0.05) is 35.5 Å². The molecule has 0 unspecified atom stereocenters. The van der Waals surface area contributed by atoms with Crippen LogP contribution in [0.25, 0.3) is 27.4 Å². The number of nitriles is 1. The van der Waals surface area contributed by atoms with Gasteiger partial charge in [0.15, 0.2) is 0 Å². The molecular weight excluding hydrogens is 554 g/mol. The number of nitrogens with one attached hydrogen (secondary N) is 1. The number of hydrogen-bond acceptors (Lipinski definition) is 10. The first-order valence-corrected chi connectivity index (χ1v) is 13.4. The molecule has 0 saturated carbocycles. The highest BCUT2D eigenvalue weighted by molar-refractivity contribution is 7.98. The lowest BCUT2D eigenvalue weighted by atomic mass is 9.99. The lowest BCUT2D eigenvalue weighted by Crippen LogP contribution is -2.23. The predicted molar refractivity (Wildman–Crippen MR) is 151 cm³/mol. The maximum atomic E-state index is 10.2. The molecule has 0 aliphatic carbocycles. The summed E-state index contributed by atoms with van der Waals surface area (Å²) in [5.74, 6) is 1.44. The number of ether oxygens (including phenoxy) is 1. The Bertz CT molecular complexity index is 1530. The Kier molecular flexibility index (Phi) is 9.97. The first-order valence-electron chi connectivity index (χ1n) is 12.0. The molecule has 4 rings (SSSR count). The van der Waals surface area contributed by atoms with Crippen molar-refractivity contribution >= 4 is 34.9 Å². The van der Waals surface area contributed by atoms with Gasteiger partial charge in [-0.3, -0.25) is 0 Å². The van der Waals surface area contributed by atoms with Crippen molar-refractivity contribution in [3.05, 3.63) is 82.5 Å². The molecule has 4 aromatic rings.